The van der Waals surface area contributed by atoms with Crippen molar-refractivity contribution in [3.05, 3.63) is 71.8 Å². The molecular formula is C22H22N6O. The summed E-state index contributed by atoms with van der Waals surface area (Å²) < 4.78 is 0. The lowest BCUT2D eigenvalue weighted by atomic mass is 9.97. The van der Waals surface area contributed by atoms with Crippen LogP contribution in [0, 0.1) is 6.92 Å². The zero-order chi connectivity index (χ0) is 20.0. The molecule has 29 heavy (non-hydrogen) atoms. The SMILES string of the molecule is Cc1cccc2[nH]c(C3(C)CCCN3C(=O)c3ccccc3-n3nccn3)nc12. The molecule has 7 heteroatoms. The van der Waals surface area contributed by atoms with Crippen LogP contribution in [-0.4, -0.2) is 42.3 Å². The van der Waals surface area contributed by atoms with Gasteiger partial charge in [0.05, 0.1) is 40.2 Å². The third-order valence-corrected chi connectivity index (χ3v) is 5.88. The quantitative estimate of drug-likeness (QED) is 0.583. The predicted molar refractivity (Wildman–Crippen MR) is 110 cm³/mol. The molecule has 0 saturated carbocycles. The maximum absolute atomic E-state index is 13.6. The Kier molecular flexibility index (Phi) is 3.97. The molecule has 2 aromatic heterocycles. The van der Waals surface area contributed by atoms with E-state index in [-0.39, 0.29) is 5.91 Å². The molecule has 1 saturated heterocycles. The van der Waals surface area contributed by atoms with E-state index in [1.165, 1.54) is 4.80 Å². The molecule has 1 N–H and O–H groups in total. The van der Waals surface area contributed by atoms with Crippen molar-refractivity contribution in [2.45, 2.75) is 32.2 Å². The number of para-hydroxylation sites is 2. The molecular weight excluding hydrogens is 364 g/mol. The van der Waals surface area contributed by atoms with Crippen molar-refractivity contribution in [2.24, 2.45) is 0 Å². The van der Waals surface area contributed by atoms with E-state index < -0.39 is 5.54 Å². The molecule has 1 aliphatic rings. The Hall–Kier alpha value is -3.48. The zero-order valence-electron chi connectivity index (χ0n) is 16.5. The maximum atomic E-state index is 13.6. The molecule has 1 amide bonds. The molecule has 0 radical (unpaired) electrons. The van der Waals surface area contributed by atoms with Gasteiger partial charge in [0.25, 0.3) is 5.91 Å². The van der Waals surface area contributed by atoms with E-state index in [1.807, 2.05) is 41.3 Å². The van der Waals surface area contributed by atoms with Gasteiger partial charge < -0.3 is 9.88 Å². The van der Waals surface area contributed by atoms with E-state index in [0.717, 1.165) is 35.3 Å². The van der Waals surface area contributed by atoms with Crippen molar-refractivity contribution < 1.29 is 4.79 Å². The summed E-state index contributed by atoms with van der Waals surface area (Å²) in [6, 6.07) is 13.6. The van der Waals surface area contributed by atoms with Crippen LogP contribution < -0.4 is 0 Å². The van der Waals surface area contributed by atoms with Crippen molar-refractivity contribution in [3.8, 4) is 5.69 Å². The third-order valence-electron chi connectivity index (χ3n) is 5.88. The number of carbonyl (C=O) groups excluding carboxylic acids is 1. The van der Waals surface area contributed by atoms with Crippen LogP contribution in [0.1, 0.15) is 41.5 Å². The van der Waals surface area contributed by atoms with Gasteiger partial charge in [-0.2, -0.15) is 15.0 Å². The summed E-state index contributed by atoms with van der Waals surface area (Å²) in [6.07, 6.45) is 5.01. The molecule has 5 rings (SSSR count). The van der Waals surface area contributed by atoms with E-state index in [0.29, 0.717) is 17.8 Å². The van der Waals surface area contributed by atoms with E-state index in [9.17, 15) is 4.79 Å². The lowest BCUT2D eigenvalue weighted by molar-refractivity contribution is 0.0605. The monoisotopic (exact) mass is 386 g/mol. The fraction of sp³-hybridized carbons (Fsp3) is 0.273. The lowest BCUT2D eigenvalue weighted by Crippen LogP contribution is -2.44. The highest BCUT2D eigenvalue weighted by Crippen LogP contribution is 2.39. The molecule has 0 aliphatic carbocycles. The number of rotatable bonds is 3. The number of aryl methyl sites for hydroxylation is 1. The van der Waals surface area contributed by atoms with E-state index in [1.54, 1.807) is 12.4 Å². The number of nitrogens with one attached hydrogen (secondary N) is 1. The number of nitrogens with zero attached hydrogens (tertiary/aromatic N) is 5. The molecule has 0 bridgehead atoms. The van der Waals surface area contributed by atoms with Gasteiger partial charge in [0.1, 0.15) is 5.82 Å². The Balaban J connectivity index is 1.57. The van der Waals surface area contributed by atoms with Crippen molar-refractivity contribution in [1.29, 1.82) is 0 Å². The van der Waals surface area contributed by atoms with Gasteiger partial charge in [0.15, 0.2) is 0 Å². The van der Waals surface area contributed by atoms with Crippen molar-refractivity contribution in [3.63, 3.8) is 0 Å². The van der Waals surface area contributed by atoms with E-state index >= 15 is 0 Å². The Bertz CT molecular complexity index is 1200. The summed E-state index contributed by atoms with van der Waals surface area (Å²) in [5, 5.41) is 8.41. The molecule has 7 nitrogen and oxygen atoms in total. The van der Waals surface area contributed by atoms with Crippen LogP contribution in [-0.2, 0) is 5.54 Å². The summed E-state index contributed by atoms with van der Waals surface area (Å²) in [7, 11) is 0. The number of aromatic nitrogens is 5. The fourth-order valence-corrected chi connectivity index (χ4v) is 4.28. The Morgan fingerprint density at radius 1 is 1.10 bits per heavy atom. The molecule has 4 aromatic rings. The molecule has 3 heterocycles. The number of fused-ring (bicyclic) bond motifs is 1. The highest BCUT2D eigenvalue weighted by atomic mass is 16.2. The Morgan fingerprint density at radius 3 is 2.69 bits per heavy atom. The van der Waals surface area contributed by atoms with Crippen LogP contribution in [0.5, 0.6) is 0 Å². The third kappa shape index (κ3) is 2.73. The van der Waals surface area contributed by atoms with Crippen molar-refractivity contribution in [2.75, 3.05) is 6.54 Å². The molecule has 1 unspecified atom stereocenters. The van der Waals surface area contributed by atoms with Gasteiger partial charge >= 0.3 is 0 Å². The number of likely N-dealkylation sites (tertiary alicyclic amines) is 1. The number of hydrogen-bond donors (Lipinski definition) is 1. The average molecular weight is 386 g/mol. The molecule has 146 valence electrons. The fourth-order valence-electron chi connectivity index (χ4n) is 4.28. The molecule has 0 spiro atoms. The minimum Gasteiger partial charge on any atom is -0.340 e. The van der Waals surface area contributed by atoms with E-state index in [2.05, 4.69) is 35.1 Å². The number of amides is 1. The minimum atomic E-state index is -0.493. The Labute approximate surface area is 168 Å². The summed E-state index contributed by atoms with van der Waals surface area (Å²) in [4.78, 5) is 25.4. The van der Waals surface area contributed by atoms with Crippen molar-refractivity contribution >= 4 is 16.9 Å². The number of aromatic amines is 1. The number of benzene rings is 2. The first-order valence-corrected chi connectivity index (χ1v) is 9.81. The van der Waals surface area contributed by atoms with Crippen LogP contribution in [0.3, 0.4) is 0 Å². The van der Waals surface area contributed by atoms with Crippen LogP contribution in [0.15, 0.2) is 54.9 Å². The van der Waals surface area contributed by atoms with Gasteiger partial charge in [-0.25, -0.2) is 4.98 Å². The summed E-state index contributed by atoms with van der Waals surface area (Å²) in [6.45, 7) is 4.84. The molecule has 1 fully saturated rings. The maximum Gasteiger partial charge on any atom is 0.256 e. The average Bonchev–Trinajstić information content (AvgIpc) is 3.48. The normalized spacial score (nSPS) is 19.2. The highest BCUT2D eigenvalue weighted by molar-refractivity contribution is 5.98. The van der Waals surface area contributed by atoms with Crippen LogP contribution in [0.4, 0.5) is 0 Å². The first-order chi connectivity index (χ1) is 14.1. The topological polar surface area (TPSA) is 79.7 Å². The highest BCUT2D eigenvalue weighted by Gasteiger charge is 2.44. The number of hydrogen-bond acceptors (Lipinski definition) is 4. The van der Waals surface area contributed by atoms with Crippen LogP contribution >= 0.6 is 0 Å². The second kappa shape index (κ2) is 6.55. The molecule has 1 aliphatic heterocycles. The standard InChI is InChI=1S/C22H22N6O/c1-15-7-5-9-17-19(15)26-21(25-17)22(2)11-6-14-27(22)20(29)16-8-3-4-10-18(16)28-23-12-13-24-28/h3-5,7-10,12-13H,6,11,14H2,1-2H3,(H,25,26). The Morgan fingerprint density at radius 2 is 1.90 bits per heavy atom. The van der Waals surface area contributed by atoms with Gasteiger partial charge in [-0.15, -0.1) is 0 Å². The first-order valence-electron chi connectivity index (χ1n) is 9.81. The second-order valence-electron chi connectivity index (χ2n) is 7.73. The van der Waals surface area contributed by atoms with Crippen LogP contribution in [0.2, 0.25) is 0 Å². The van der Waals surface area contributed by atoms with Gasteiger partial charge in [0, 0.05) is 6.54 Å². The number of imidazole rings is 1. The summed E-state index contributed by atoms with van der Waals surface area (Å²) in [5.74, 6) is 0.803. The van der Waals surface area contributed by atoms with Crippen LogP contribution in [0.25, 0.3) is 16.7 Å². The smallest absolute Gasteiger partial charge is 0.256 e. The lowest BCUT2D eigenvalue weighted by Gasteiger charge is -2.34. The second-order valence-corrected chi connectivity index (χ2v) is 7.73. The van der Waals surface area contributed by atoms with Crippen molar-refractivity contribution in [1.82, 2.24) is 29.9 Å². The van der Waals surface area contributed by atoms with Gasteiger partial charge in [0.2, 0.25) is 0 Å². The minimum absolute atomic E-state index is 0.0323. The largest absolute Gasteiger partial charge is 0.340 e. The van der Waals surface area contributed by atoms with Gasteiger partial charge in [-0.3, -0.25) is 4.79 Å². The van der Waals surface area contributed by atoms with Gasteiger partial charge in [-0.05, 0) is 50.5 Å². The number of H-pyrrole nitrogens is 1. The summed E-state index contributed by atoms with van der Waals surface area (Å²) >= 11 is 0. The molecule has 1 atom stereocenters. The number of carbonyl (C=O) groups is 1. The first kappa shape index (κ1) is 17.6. The zero-order valence-corrected chi connectivity index (χ0v) is 16.5. The molecule has 2 aromatic carbocycles. The summed E-state index contributed by atoms with van der Waals surface area (Å²) in [5.41, 5.74) is 3.86. The van der Waals surface area contributed by atoms with E-state index in [4.69, 9.17) is 4.98 Å². The van der Waals surface area contributed by atoms with Gasteiger partial charge in [-0.1, -0.05) is 24.3 Å². The predicted octanol–water partition coefficient (Wildman–Crippen LogP) is 3.60.